The molecule has 0 aromatic heterocycles. The Balaban J connectivity index is 2.70. The van der Waals surface area contributed by atoms with Gasteiger partial charge in [0.25, 0.3) is 10.0 Å². The maximum absolute atomic E-state index is 13.1. The summed E-state index contributed by atoms with van der Waals surface area (Å²) in [4.78, 5) is 12.2. The molecule has 25 heavy (non-hydrogen) atoms. The van der Waals surface area contributed by atoms with Crippen molar-refractivity contribution in [1.82, 2.24) is 0 Å². The summed E-state index contributed by atoms with van der Waals surface area (Å²) in [7, 11) is -3.87. The van der Waals surface area contributed by atoms with Crippen molar-refractivity contribution in [3.8, 4) is 0 Å². The molecule has 0 saturated carbocycles. The smallest absolute Gasteiger partial charge is 0.264 e. The van der Waals surface area contributed by atoms with Crippen molar-refractivity contribution in [1.29, 1.82) is 0 Å². The highest BCUT2D eigenvalue weighted by molar-refractivity contribution is 9.10. The quantitative estimate of drug-likeness (QED) is 0.467. The fourth-order valence-corrected chi connectivity index (χ4v) is 4.25. The molecule has 132 valence electrons. The van der Waals surface area contributed by atoms with Crippen molar-refractivity contribution in [2.75, 3.05) is 10.8 Å². The first kappa shape index (κ1) is 19.7. The van der Waals surface area contributed by atoms with Crippen LogP contribution in [-0.4, -0.2) is 20.7 Å². The van der Waals surface area contributed by atoms with Gasteiger partial charge in [0.15, 0.2) is 5.78 Å². The molecule has 0 unspecified atom stereocenters. The number of nitrogens with zero attached hydrogens (tertiary/aromatic N) is 1. The van der Waals surface area contributed by atoms with E-state index in [1.54, 1.807) is 24.3 Å². The molecule has 0 bridgehead atoms. The SMILES string of the molecule is C=CCN(c1cc(Br)c(Cl)cc1C(C)=O)S(=O)(=O)c1ccc(C)cc1. The van der Waals surface area contributed by atoms with Crippen LogP contribution in [0.3, 0.4) is 0 Å². The Morgan fingerprint density at radius 3 is 2.40 bits per heavy atom. The standard InChI is InChI=1S/C18H17BrClNO3S/c1-4-9-21(25(23,24)14-7-5-12(2)6-8-14)18-11-16(19)17(20)10-15(18)13(3)22/h4-8,10-11H,1,9H2,2-3H3. The number of aryl methyl sites for hydroxylation is 1. The minimum atomic E-state index is -3.87. The Bertz CT molecular complexity index is 924. The summed E-state index contributed by atoms with van der Waals surface area (Å²) in [6, 6.07) is 9.53. The molecule has 0 fully saturated rings. The van der Waals surface area contributed by atoms with Crippen LogP contribution in [0.4, 0.5) is 5.69 Å². The van der Waals surface area contributed by atoms with Gasteiger partial charge in [0, 0.05) is 10.0 Å². The van der Waals surface area contributed by atoms with Crippen LogP contribution in [0.25, 0.3) is 0 Å². The number of carbonyl (C=O) groups is 1. The molecule has 2 aromatic carbocycles. The van der Waals surface area contributed by atoms with E-state index < -0.39 is 10.0 Å². The first-order valence-corrected chi connectivity index (χ1v) is 10.00. The molecular weight excluding hydrogens is 426 g/mol. The second-order valence-electron chi connectivity index (χ2n) is 5.48. The van der Waals surface area contributed by atoms with E-state index in [0.717, 1.165) is 9.87 Å². The van der Waals surface area contributed by atoms with Crippen molar-refractivity contribution in [3.63, 3.8) is 0 Å². The predicted molar refractivity (Wildman–Crippen MR) is 105 cm³/mol. The highest BCUT2D eigenvalue weighted by Crippen LogP contribution is 2.34. The van der Waals surface area contributed by atoms with Gasteiger partial charge < -0.3 is 0 Å². The lowest BCUT2D eigenvalue weighted by molar-refractivity contribution is 0.101. The number of ketones is 1. The minimum Gasteiger partial charge on any atom is -0.294 e. The Morgan fingerprint density at radius 2 is 1.88 bits per heavy atom. The van der Waals surface area contributed by atoms with Gasteiger partial charge in [-0.15, -0.1) is 6.58 Å². The van der Waals surface area contributed by atoms with Crippen LogP contribution in [-0.2, 0) is 10.0 Å². The van der Waals surface area contributed by atoms with Gasteiger partial charge in [-0.25, -0.2) is 8.42 Å². The maximum Gasteiger partial charge on any atom is 0.264 e. The van der Waals surface area contributed by atoms with Gasteiger partial charge in [0.05, 0.1) is 22.2 Å². The molecule has 2 aromatic rings. The predicted octanol–water partition coefficient (Wildman–Crippen LogP) is 4.99. The largest absolute Gasteiger partial charge is 0.294 e. The van der Waals surface area contributed by atoms with Crippen molar-refractivity contribution in [3.05, 3.63) is 69.7 Å². The Morgan fingerprint density at radius 1 is 1.28 bits per heavy atom. The third-order valence-corrected chi connectivity index (χ3v) is 6.58. The number of rotatable bonds is 6. The monoisotopic (exact) mass is 441 g/mol. The first-order chi connectivity index (χ1) is 11.7. The van der Waals surface area contributed by atoms with Crippen molar-refractivity contribution in [2.45, 2.75) is 18.7 Å². The van der Waals surface area contributed by atoms with Crippen LogP contribution in [0.1, 0.15) is 22.8 Å². The first-order valence-electron chi connectivity index (χ1n) is 7.38. The number of Topliss-reactive ketones (excluding diaryl/α,β-unsaturated/α-hetero) is 1. The van der Waals surface area contributed by atoms with Gasteiger partial charge in [0.2, 0.25) is 0 Å². The topological polar surface area (TPSA) is 54.5 Å². The fourth-order valence-electron chi connectivity index (χ4n) is 2.31. The molecule has 2 rings (SSSR count). The zero-order chi connectivity index (χ0) is 18.8. The van der Waals surface area contributed by atoms with E-state index in [1.807, 2.05) is 6.92 Å². The summed E-state index contributed by atoms with van der Waals surface area (Å²) >= 11 is 9.36. The van der Waals surface area contributed by atoms with Crippen LogP contribution in [0.5, 0.6) is 0 Å². The Hall–Kier alpha value is -1.63. The molecule has 7 heteroatoms. The second kappa shape index (κ2) is 7.72. The number of sulfonamides is 1. The van der Waals surface area contributed by atoms with Gasteiger partial charge in [0.1, 0.15) is 0 Å². The third kappa shape index (κ3) is 4.14. The molecule has 0 atom stereocenters. The highest BCUT2D eigenvalue weighted by atomic mass is 79.9. The maximum atomic E-state index is 13.1. The molecule has 0 amide bonds. The average Bonchev–Trinajstić information content (AvgIpc) is 2.55. The number of benzene rings is 2. The zero-order valence-electron chi connectivity index (χ0n) is 13.8. The van der Waals surface area contributed by atoms with E-state index in [2.05, 4.69) is 22.5 Å². The second-order valence-corrected chi connectivity index (χ2v) is 8.60. The van der Waals surface area contributed by atoms with Crippen LogP contribution in [0, 0.1) is 6.92 Å². The zero-order valence-corrected chi connectivity index (χ0v) is 17.0. The van der Waals surface area contributed by atoms with E-state index >= 15 is 0 Å². The van der Waals surface area contributed by atoms with E-state index in [0.29, 0.717) is 9.50 Å². The van der Waals surface area contributed by atoms with E-state index in [4.69, 9.17) is 11.6 Å². The molecule has 0 aliphatic heterocycles. The summed E-state index contributed by atoms with van der Waals surface area (Å²) in [5.41, 5.74) is 1.43. The summed E-state index contributed by atoms with van der Waals surface area (Å²) in [6.07, 6.45) is 1.47. The lowest BCUT2D eigenvalue weighted by Crippen LogP contribution is -2.32. The summed E-state index contributed by atoms with van der Waals surface area (Å²) in [6.45, 7) is 6.90. The third-order valence-electron chi connectivity index (χ3n) is 3.59. The average molecular weight is 443 g/mol. The molecule has 0 heterocycles. The summed E-state index contributed by atoms with van der Waals surface area (Å²) < 4.78 is 27.9. The van der Waals surface area contributed by atoms with Crippen molar-refractivity contribution in [2.24, 2.45) is 0 Å². The van der Waals surface area contributed by atoms with E-state index in [-0.39, 0.29) is 28.5 Å². The van der Waals surface area contributed by atoms with Gasteiger partial charge in [-0.2, -0.15) is 0 Å². The van der Waals surface area contributed by atoms with E-state index in [9.17, 15) is 13.2 Å². The minimum absolute atomic E-state index is 0.0184. The van der Waals surface area contributed by atoms with E-state index in [1.165, 1.54) is 25.1 Å². The van der Waals surface area contributed by atoms with Crippen molar-refractivity contribution < 1.29 is 13.2 Å². The van der Waals surface area contributed by atoms with Gasteiger partial charge in [-0.05, 0) is 54.0 Å². The number of hydrogen-bond donors (Lipinski definition) is 0. The molecule has 0 aliphatic rings. The molecule has 0 radical (unpaired) electrons. The molecule has 4 nitrogen and oxygen atoms in total. The van der Waals surface area contributed by atoms with Gasteiger partial charge >= 0.3 is 0 Å². The summed E-state index contributed by atoms with van der Waals surface area (Å²) in [5.74, 6) is -0.280. The van der Waals surface area contributed by atoms with Crippen LogP contribution >= 0.6 is 27.5 Å². The van der Waals surface area contributed by atoms with Crippen LogP contribution in [0.2, 0.25) is 5.02 Å². The fraction of sp³-hybridized carbons (Fsp3) is 0.167. The lowest BCUT2D eigenvalue weighted by Gasteiger charge is -2.25. The van der Waals surface area contributed by atoms with Gasteiger partial charge in [-0.1, -0.05) is 35.4 Å². The number of carbonyl (C=O) groups excluding carboxylic acids is 1. The number of anilines is 1. The van der Waals surface area contributed by atoms with Crippen LogP contribution in [0.15, 0.2) is 58.4 Å². The summed E-state index contributed by atoms with van der Waals surface area (Å²) in [5, 5.41) is 0.334. The van der Waals surface area contributed by atoms with Gasteiger partial charge in [-0.3, -0.25) is 9.10 Å². The molecule has 0 aliphatic carbocycles. The molecule has 0 spiro atoms. The normalized spacial score (nSPS) is 11.2. The molecular formula is C18H17BrClNO3S. The Kier molecular flexibility index (Phi) is 6.08. The Labute approximate surface area is 161 Å². The van der Waals surface area contributed by atoms with Crippen LogP contribution < -0.4 is 4.31 Å². The lowest BCUT2D eigenvalue weighted by atomic mass is 10.1. The van der Waals surface area contributed by atoms with Crippen molar-refractivity contribution >= 4 is 49.0 Å². The number of halogens is 2. The molecule has 0 N–H and O–H groups in total. The molecule has 0 saturated heterocycles. The highest BCUT2D eigenvalue weighted by Gasteiger charge is 2.27. The number of hydrogen-bond acceptors (Lipinski definition) is 3.